The highest BCUT2D eigenvalue weighted by molar-refractivity contribution is 7.89. The number of sulfonamides is 1. The lowest BCUT2D eigenvalue weighted by Gasteiger charge is -2.31. The lowest BCUT2D eigenvalue weighted by atomic mass is 9.98. The van der Waals surface area contributed by atoms with Crippen LogP contribution in [-0.2, 0) is 23.0 Å². The number of hydrogen-bond acceptors (Lipinski definition) is 4. The molecule has 0 saturated carbocycles. The van der Waals surface area contributed by atoms with Crippen LogP contribution >= 0.6 is 0 Å². The van der Waals surface area contributed by atoms with Gasteiger partial charge in [0.1, 0.15) is 5.82 Å². The van der Waals surface area contributed by atoms with Gasteiger partial charge in [-0.1, -0.05) is 6.92 Å². The summed E-state index contributed by atoms with van der Waals surface area (Å²) in [6, 6.07) is 0. The summed E-state index contributed by atoms with van der Waals surface area (Å²) in [5, 5.41) is 3.74. The molecule has 0 bridgehead atoms. The van der Waals surface area contributed by atoms with E-state index in [1.807, 2.05) is 4.57 Å². The summed E-state index contributed by atoms with van der Waals surface area (Å²) in [6.07, 6.45) is 5.30. The third-order valence-electron chi connectivity index (χ3n) is 4.54. The smallest absolute Gasteiger partial charge is 0.260 e. The molecule has 0 atom stereocenters. The van der Waals surface area contributed by atoms with Gasteiger partial charge in [0, 0.05) is 26.1 Å². The highest BCUT2D eigenvalue weighted by Gasteiger charge is 2.33. The van der Waals surface area contributed by atoms with Gasteiger partial charge in [0.15, 0.2) is 5.03 Å². The standard InChI is InChI=1S/C14H24N4O2S/c1-2-15-10-12-5-8-17(9-6-12)21(19,20)14-11-16-13-4-3-7-18(13)14/h11-12,15H,2-10H2,1H3. The van der Waals surface area contributed by atoms with E-state index < -0.39 is 10.0 Å². The SMILES string of the molecule is CCNCC1CCN(S(=O)(=O)c2cnc3n2CCC3)CC1. The van der Waals surface area contributed by atoms with E-state index in [0.717, 1.165) is 51.1 Å². The quantitative estimate of drug-likeness (QED) is 0.875. The van der Waals surface area contributed by atoms with Crippen molar-refractivity contribution in [2.75, 3.05) is 26.2 Å². The highest BCUT2D eigenvalue weighted by atomic mass is 32.2. The minimum Gasteiger partial charge on any atom is -0.318 e. The van der Waals surface area contributed by atoms with Crippen molar-refractivity contribution >= 4 is 10.0 Å². The van der Waals surface area contributed by atoms with E-state index in [2.05, 4.69) is 17.2 Å². The Morgan fingerprint density at radius 1 is 1.33 bits per heavy atom. The molecule has 1 fully saturated rings. The van der Waals surface area contributed by atoms with Crippen LogP contribution in [0.2, 0.25) is 0 Å². The van der Waals surface area contributed by atoms with Crippen LogP contribution in [0, 0.1) is 5.92 Å². The zero-order valence-corrected chi connectivity index (χ0v) is 13.4. The molecular formula is C14H24N4O2S. The van der Waals surface area contributed by atoms with Crippen molar-refractivity contribution in [1.82, 2.24) is 19.2 Å². The number of rotatable bonds is 5. The fraction of sp³-hybridized carbons (Fsp3) is 0.786. The van der Waals surface area contributed by atoms with Gasteiger partial charge in [0.2, 0.25) is 0 Å². The maximum Gasteiger partial charge on any atom is 0.260 e. The molecule has 3 heterocycles. The molecular weight excluding hydrogens is 288 g/mol. The van der Waals surface area contributed by atoms with Crippen LogP contribution < -0.4 is 5.32 Å². The van der Waals surface area contributed by atoms with Gasteiger partial charge in [0.05, 0.1) is 6.20 Å². The van der Waals surface area contributed by atoms with Crippen molar-refractivity contribution in [3.8, 4) is 0 Å². The average Bonchev–Trinajstić information content (AvgIpc) is 3.08. The van der Waals surface area contributed by atoms with Crippen molar-refractivity contribution in [2.24, 2.45) is 5.92 Å². The number of nitrogens with zero attached hydrogens (tertiary/aromatic N) is 3. The largest absolute Gasteiger partial charge is 0.318 e. The fourth-order valence-corrected chi connectivity index (χ4v) is 4.89. The van der Waals surface area contributed by atoms with Crippen LogP contribution in [0.1, 0.15) is 32.0 Å². The van der Waals surface area contributed by atoms with Gasteiger partial charge >= 0.3 is 0 Å². The minimum absolute atomic E-state index is 0.389. The summed E-state index contributed by atoms with van der Waals surface area (Å²) in [5.74, 6) is 1.50. The fourth-order valence-electron chi connectivity index (χ4n) is 3.27. The molecule has 7 heteroatoms. The topological polar surface area (TPSA) is 67.2 Å². The molecule has 0 unspecified atom stereocenters. The number of nitrogens with one attached hydrogen (secondary N) is 1. The summed E-state index contributed by atoms with van der Waals surface area (Å²) in [5.41, 5.74) is 0. The Kier molecular flexibility index (Phi) is 4.33. The van der Waals surface area contributed by atoms with Gasteiger partial charge < -0.3 is 9.88 Å². The van der Waals surface area contributed by atoms with Crippen LogP contribution in [0.15, 0.2) is 11.2 Å². The van der Waals surface area contributed by atoms with Crippen molar-refractivity contribution < 1.29 is 8.42 Å². The number of aryl methyl sites for hydroxylation is 1. The van der Waals surface area contributed by atoms with Crippen LogP contribution in [0.3, 0.4) is 0 Å². The lowest BCUT2D eigenvalue weighted by Crippen LogP contribution is -2.41. The number of aromatic nitrogens is 2. The normalized spacial score (nSPS) is 20.8. The summed E-state index contributed by atoms with van der Waals surface area (Å²) in [4.78, 5) is 4.26. The van der Waals surface area contributed by atoms with Crippen molar-refractivity contribution in [2.45, 2.75) is 44.2 Å². The van der Waals surface area contributed by atoms with Crippen molar-refractivity contribution in [3.63, 3.8) is 0 Å². The van der Waals surface area contributed by atoms with E-state index in [0.29, 0.717) is 24.0 Å². The number of fused-ring (bicyclic) bond motifs is 1. The van der Waals surface area contributed by atoms with Gasteiger partial charge in [0.25, 0.3) is 10.0 Å². The van der Waals surface area contributed by atoms with Crippen LogP contribution in [0.25, 0.3) is 0 Å². The van der Waals surface area contributed by atoms with Gasteiger partial charge in [-0.2, -0.15) is 4.31 Å². The number of hydrogen-bond donors (Lipinski definition) is 1. The molecule has 0 aliphatic carbocycles. The molecule has 0 amide bonds. The van der Waals surface area contributed by atoms with E-state index in [1.54, 1.807) is 4.31 Å². The monoisotopic (exact) mass is 312 g/mol. The lowest BCUT2D eigenvalue weighted by molar-refractivity contribution is 0.267. The molecule has 1 aromatic rings. The Morgan fingerprint density at radius 2 is 2.10 bits per heavy atom. The first-order valence-corrected chi connectivity index (χ1v) is 9.32. The summed E-state index contributed by atoms with van der Waals surface area (Å²) >= 11 is 0. The highest BCUT2D eigenvalue weighted by Crippen LogP contribution is 2.26. The predicted molar refractivity (Wildman–Crippen MR) is 80.6 cm³/mol. The Balaban J connectivity index is 1.69. The Bertz CT molecular complexity index is 588. The second-order valence-electron chi connectivity index (χ2n) is 5.92. The van der Waals surface area contributed by atoms with Gasteiger partial charge in [-0.15, -0.1) is 0 Å². The first-order valence-electron chi connectivity index (χ1n) is 7.88. The molecule has 118 valence electrons. The molecule has 0 radical (unpaired) electrons. The zero-order chi connectivity index (χ0) is 14.9. The first-order chi connectivity index (χ1) is 10.1. The van der Waals surface area contributed by atoms with Crippen LogP contribution in [0.4, 0.5) is 0 Å². The molecule has 2 aliphatic heterocycles. The molecule has 3 rings (SSSR count). The van der Waals surface area contributed by atoms with Crippen LogP contribution in [0.5, 0.6) is 0 Å². The van der Waals surface area contributed by atoms with E-state index in [-0.39, 0.29) is 0 Å². The molecule has 0 spiro atoms. The third-order valence-corrected chi connectivity index (χ3v) is 6.44. The Labute approximate surface area is 126 Å². The van der Waals surface area contributed by atoms with Gasteiger partial charge in [-0.05, 0) is 38.3 Å². The minimum atomic E-state index is -3.37. The second-order valence-corrected chi connectivity index (χ2v) is 7.81. The van der Waals surface area contributed by atoms with Crippen molar-refractivity contribution in [1.29, 1.82) is 0 Å². The molecule has 1 aromatic heterocycles. The zero-order valence-electron chi connectivity index (χ0n) is 12.6. The molecule has 0 aromatic carbocycles. The Morgan fingerprint density at radius 3 is 2.81 bits per heavy atom. The third kappa shape index (κ3) is 2.86. The molecule has 1 saturated heterocycles. The van der Waals surface area contributed by atoms with E-state index in [4.69, 9.17) is 0 Å². The number of piperidine rings is 1. The first kappa shape index (κ1) is 15.0. The second kappa shape index (κ2) is 6.06. The van der Waals surface area contributed by atoms with E-state index in [9.17, 15) is 8.42 Å². The van der Waals surface area contributed by atoms with Crippen LogP contribution in [-0.4, -0.2) is 48.5 Å². The summed E-state index contributed by atoms with van der Waals surface area (Å²) in [7, 11) is -3.37. The van der Waals surface area contributed by atoms with Gasteiger partial charge in [-0.3, -0.25) is 0 Å². The van der Waals surface area contributed by atoms with Gasteiger partial charge in [-0.25, -0.2) is 13.4 Å². The van der Waals surface area contributed by atoms with Crippen molar-refractivity contribution in [3.05, 3.63) is 12.0 Å². The molecule has 21 heavy (non-hydrogen) atoms. The predicted octanol–water partition coefficient (Wildman–Crippen LogP) is 0.839. The Hall–Kier alpha value is -0.920. The van der Waals surface area contributed by atoms with E-state index in [1.165, 1.54) is 6.20 Å². The average molecular weight is 312 g/mol. The molecule has 2 aliphatic rings. The summed E-state index contributed by atoms with van der Waals surface area (Å²) in [6.45, 7) is 6.09. The summed E-state index contributed by atoms with van der Waals surface area (Å²) < 4.78 is 29.1. The molecule has 6 nitrogen and oxygen atoms in total. The maximum atomic E-state index is 12.8. The number of imidazole rings is 1. The van der Waals surface area contributed by atoms with E-state index >= 15 is 0 Å². The molecule has 1 N–H and O–H groups in total. The maximum absolute atomic E-state index is 12.8.